The molecule has 0 fully saturated rings. The van der Waals surface area contributed by atoms with E-state index in [0.717, 1.165) is 15.9 Å². The first kappa shape index (κ1) is 14.4. The molecule has 1 aromatic heterocycles. The van der Waals surface area contributed by atoms with Gasteiger partial charge in [-0.3, -0.25) is 0 Å². The van der Waals surface area contributed by atoms with Crippen molar-refractivity contribution in [3.63, 3.8) is 0 Å². The van der Waals surface area contributed by atoms with E-state index in [1.54, 1.807) is 11.3 Å². The second-order valence-electron chi connectivity index (χ2n) is 4.72. The fourth-order valence-electron chi connectivity index (χ4n) is 1.78. The molecule has 0 saturated heterocycles. The summed E-state index contributed by atoms with van der Waals surface area (Å²) in [5.74, 6) is 0.909. The highest BCUT2D eigenvalue weighted by Crippen LogP contribution is 2.28. The molecule has 0 aliphatic heterocycles. The summed E-state index contributed by atoms with van der Waals surface area (Å²) >= 11 is 5.24. The summed E-state index contributed by atoms with van der Waals surface area (Å²) in [7, 11) is 0. The lowest BCUT2D eigenvalue weighted by molar-refractivity contribution is 0.242. The molecule has 1 unspecified atom stereocenters. The van der Waals surface area contributed by atoms with E-state index in [9.17, 15) is 0 Å². The van der Waals surface area contributed by atoms with Crippen molar-refractivity contribution in [2.75, 3.05) is 5.32 Å². The topological polar surface area (TPSA) is 21.3 Å². The van der Waals surface area contributed by atoms with Gasteiger partial charge in [-0.15, -0.1) is 11.3 Å². The van der Waals surface area contributed by atoms with Crippen LogP contribution in [0.25, 0.3) is 0 Å². The molecule has 1 aromatic carbocycles. The highest BCUT2D eigenvalue weighted by Gasteiger charge is 2.08. The Kier molecular flexibility index (Phi) is 4.88. The van der Waals surface area contributed by atoms with Crippen molar-refractivity contribution >= 4 is 33.0 Å². The Morgan fingerprint density at radius 3 is 2.37 bits per heavy atom. The lowest BCUT2D eigenvalue weighted by atomic mass is 10.2. The maximum Gasteiger partial charge on any atom is 0.119 e. The van der Waals surface area contributed by atoms with Crippen molar-refractivity contribution in [3.8, 4) is 5.75 Å². The molecule has 102 valence electrons. The van der Waals surface area contributed by atoms with Crippen LogP contribution in [0.15, 0.2) is 40.2 Å². The quantitative estimate of drug-likeness (QED) is 0.779. The van der Waals surface area contributed by atoms with E-state index in [-0.39, 0.29) is 6.10 Å². The standard InChI is InChI=1S/C15H18BrNOS/c1-10(2)18-14-6-4-13(5-7-14)17-11(3)15-8-12(16)9-19-15/h4-11,17H,1-3H3. The first-order valence-electron chi connectivity index (χ1n) is 6.32. The number of benzene rings is 1. The molecule has 1 atom stereocenters. The van der Waals surface area contributed by atoms with Gasteiger partial charge in [0.25, 0.3) is 0 Å². The van der Waals surface area contributed by atoms with E-state index in [0.29, 0.717) is 6.04 Å². The van der Waals surface area contributed by atoms with Crippen LogP contribution in [0.2, 0.25) is 0 Å². The molecule has 0 amide bonds. The average Bonchev–Trinajstić information content (AvgIpc) is 2.78. The molecule has 2 rings (SSSR count). The van der Waals surface area contributed by atoms with Crippen LogP contribution < -0.4 is 10.1 Å². The molecule has 0 aliphatic rings. The van der Waals surface area contributed by atoms with Crippen LogP contribution >= 0.6 is 27.3 Å². The third-order valence-electron chi connectivity index (χ3n) is 2.62. The predicted octanol–water partition coefficient (Wildman–Crippen LogP) is 5.47. The van der Waals surface area contributed by atoms with Gasteiger partial charge in [-0.05, 0) is 67.0 Å². The Balaban J connectivity index is 1.99. The lowest BCUT2D eigenvalue weighted by Crippen LogP contribution is -2.06. The van der Waals surface area contributed by atoms with Gasteiger partial charge in [-0.2, -0.15) is 0 Å². The largest absolute Gasteiger partial charge is 0.491 e. The van der Waals surface area contributed by atoms with Crippen LogP contribution in [0.1, 0.15) is 31.7 Å². The minimum Gasteiger partial charge on any atom is -0.491 e. The minimum atomic E-state index is 0.209. The summed E-state index contributed by atoms with van der Waals surface area (Å²) in [4.78, 5) is 1.31. The number of thiophene rings is 1. The maximum absolute atomic E-state index is 5.63. The molecule has 0 aliphatic carbocycles. The third kappa shape index (κ3) is 4.25. The Labute approximate surface area is 126 Å². The molecule has 19 heavy (non-hydrogen) atoms. The summed E-state index contributed by atoms with van der Waals surface area (Å²) in [5, 5.41) is 5.59. The van der Waals surface area contributed by atoms with Gasteiger partial charge < -0.3 is 10.1 Å². The summed E-state index contributed by atoms with van der Waals surface area (Å²) < 4.78 is 6.77. The van der Waals surface area contributed by atoms with Crippen molar-refractivity contribution < 1.29 is 4.74 Å². The van der Waals surface area contributed by atoms with Gasteiger partial charge in [0, 0.05) is 20.4 Å². The van der Waals surface area contributed by atoms with Crippen molar-refractivity contribution in [1.29, 1.82) is 0 Å². The monoisotopic (exact) mass is 339 g/mol. The van der Waals surface area contributed by atoms with E-state index in [4.69, 9.17) is 4.74 Å². The predicted molar refractivity (Wildman–Crippen MR) is 86.3 cm³/mol. The number of nitrogens with one attached hydrogen (secondary N) is 1. The van der Waals surface area contributed by atoms with E-state index < -0.39 is 0 Å². The zero-order chi connectivity index (χ0) is 13.8. The SMILES string of the molecule is CC(C)Oc1ccc(NC(C)c2cc(Br)cs2)cc1. The molecular formula is C15H18BrNOS. The molecule has 1 heterocycles. The molecule has 0 saturated carbocycles. The highest BCUT2D eigenvalue weighted by molar-refractivity contribution is 9.10. The summed E-state index contributed by atoms with van der Waals surface area (Å²) in [6, 6.07) is 10.6. The first-order chi connectivity index (χ1) is 9.04. The van der Waals surface area contributed by atoms with Crippen LogP contribution in [0.4, 0.5) is 5.69 Å². The number of hydrogen-bond donors (Lipinski definition) is 1. The second kappa shape index (κ2) is 6.44. The molecule has 2 aromatic rings. The van der Waals surface area contributed by atoms with Crippen LogP contribution in [0.5, 0.6) is 5.75 Å². The number of ether oxygens (including phenoxy) is 1. The third-order valence-corrected chi connectivity index (χ3v) is 4.50. The van der Waals surface area contributed by atoms with Crippen molar-refractivity contribution in [2.24, 2.45) is 0 Å². The molecule has 2 nitrogen and oxygen atoms in total. The van der Waals surface area contributed by atoms with E-state index in [1.165, 1.54) is 4.88 Å². The summed E-state index contributed by atoms with van der Waals surface area (Å²) in [6.45, 7) is 6.22. The summed E-state index contributed by atoms with van der Waals surface area (Å²) in [6.07, 6.45) is 0.209. The molecule has 1 N–H and O–H groups in total. The normalized spacial score (nSPS) is 12.5. The smallest absolute Gasteiger partial charge is 0.119 e. The van der Waals surface area contributed by atoms with Crippen molar-refractivity contribution in [1.82, 2.24) is 0 Å². The van der Waals surface area contributed by atoms with E-state index in [1.807, 2.05) is 26.0 Å². The molecular weight excluding hydrogens is 322 g/mol. The summed E-state index contributed by atoms with van der Waals surface area (Å²) in [5.41, 5.74) is 1.10. The van der Waals surface area contributed by atoms with E-state index >= 15 is 0 Å². The Morgan fingerprint density at radius 2 is 1.84 bits per heavy atom. The zero-order valence-corrected chi connectivity index (χ0v) is 13.7. The first-order valence-corrected chi connectivity index (χ1v) is 7.99. The Bertz CT molecular complexity index is 521. The van der Waals surface area contributed by atoms with Crippen LogP contribution in [0.3, 0.4) is 0 Å². The van der Waals surface area contributed by atoms with Gasteiger partial charge in [0.1, 0.15) is 5.75 Å². The highest BCUT2D eigenvalue weighted by atomic mass is 79.9. The van der Waals surface area contributed by atoms with Gasteiger partial charge in [0.15, 0.2) is 0 Å². The van der Waals surface area contributed by atoms with Crippen molar-refractivity contribution in [3.05, 3.63) is 45.1 Å². The van der Waals surface area contributed by atoms with Crippen LogP contribution in [-0.2, 0) is 0 Å². The lowest BCUT2D eigenvalue weighted by Gasteiger charge is -2.15. The van der Waals surface area contributed by atoms with Crippen LogP contribution in [0, 0.1) is 0 Å². The van der Waals surface area contributed by atoms with Crippen LogP contribution in [-0.4, -0.2) is 6.10 Å². The number of halogens is 1. The number of hydrogen-bond acceptors (Lipinski definition) is 3. The van der Waals surface area contributed by atoms with Gasteiger partial charge in [0.05, 0.1) is 12.1 Å². The second-order valence-corrected chi connectivity index (χ2v) is 6.58. The van der Waals surface area contributed by atoms with Gasteiger partial charge in [-0.25, -0.2) is 0 Å². The van der Waals surface area contributed by atoms with Gasteiger partial charge >= 0.3 is 0 Å². The molecule has 0 bridgehead atoms. The van der Waals surface area contributed by atoms with Crippen molar-refractivity contribution in [2.45, 2.75) is 32.9 Å². The van der Waals surface area contributed by atoms with Gasteiger partial charge in [0.2, 0.25) is 0 Å². The fourth-order valence-corrected chi connectivity index (χ4v) is 3.23. The Hall–Kier alpha value is -1.00. The molecule has 0 radical (unpaired) electrons. The minimum absolute atomic E-state index is 0.209. The number of anilines is 1. The fraction of sp³-hybridized carbons (Fsp3) is 0.333. The maximum atomic E-state index is 5.63. The Morgan fingerprint density at radius 1 is 1.16 bits per heavy atom. The number of rotatable bonds is 5. The average molecular weight is 340 g/mol. The molecule has 4 heteroatoms. The van der Waals surface area contributed by atoms with Gasteiger partial charge in [-0.1, -0.05) is 0 Å². The molecule has 0 spiro atoms. The van der Waals surface area contributed by atoms with E-state index in [2.05, 4.69) is 51.7 Å². The zero-order valence-electron chi connectivity index (χ0n) is 11.3.